The van der Waals surface area contributed by atoms with Crippen LogP contribution in [0.25, 0.3) is 0 Å². The largest absolute Gasteiger partial charge is 0.390 e. The zero-order valence-electron chi connectivity index (χ0n) is 10.8. The number of β-amino-alcohol motifs (C(OH)–C–C–N with tert-alkyl or cyclic N) is 2. The molecule has 0 radical (unpaired) electrons. The number of urea groups is 1. The zero-order chi connectivity index (χ0) is 14.8. The number of aliphatic hydroxyl groups is 2. The molecule has 110 valence electrons. The molecular weight excluding hydrogens is 295 g/mol. The lowest BCUT2D eigenvalue weighted by Crippen LogP contribution is -2.47. The van der Waals surface area contributed by atoms with Crippen LogP contribution in [0, 0.1) is 0 Å². The zero-order valence-corrected chi connectivity index (χ0v) is 12.4. The molecule has 1 aliphatic heterocycles. The molecule has 19 heavy (non-hydrogen) atoms. The van der Waals surface area contributed by atoms with Crippen molar-refractivity contribution in [3.05, 3.63) is 0 Å². The Morgan fingerprint density at radius 1 is 1.11 bits per heavy atom. The Labute approximate surface area is 121 Å². The van der Waals surface area contributed by atoms with Gasteiger partial charge in [0, 0.05) is 0 Å². The van der Waals surface area contributed by atoms with Crippen molar-refractivity contribution in [3.63, 3.8) is 0 Å². The standard InChI is InChI=1S/C11H18Cl2N2O4/c1-11(2)9(18)14(5-7(16)3-12)10(19)15(11)6-8(17)4-13/h7-8,16-17H,3-6H2,1-2H3. The van der Waals surface area contributed by atoms with E-state index >= 15 is 0 Å². The quantitative estimate of drug-likeness (QED) is 0.543. The minimum Gasteiger partial charge on any atom is -0.390 e. The average Bonchev–Trinajstić information content (AvgIpc) is 2.52. The molecule has 8 heteroatoms. The fourth-order valence-electron chi connectivity index (χ4n) is 1.90. The lowest BCUT2D eigenvalue weighted by Gasteiger charge is -2.29. The lowest BCUT2D eigenvalue weighted by molar-refractivity contribution is -0.132. The molecule has 0 aromatic heterocycles. The minimum absolute atomic E-state index is 0.0294. The molecule has 1 aliphatic rings. The van der Waals surface area contributed by atoms with Gasteiger partial charge < -0.3 is 15.1 Å². The van der Waals surface area contributed by atoms with E-state index < -0.39 is 29.7 Å². The third-order valence-corrected chi connectivity index (χ3v) is 3.76. The van der Waals surface area contributed by atoms with Crippen LogP contribution in [0.1, 0.15) is 13.8 Å². The number of carbonyl (C=O) groups is 2. The number of rotatable bonds is 6. The predicted octanol–water partition coefficient (Wildman–Crippen LogP) is 0.229. The van der Waals surface area contributed by atoms with Crippen molar-refractivity contribution in [2.75, 3.05) is 24.8 Å². The summed E-state index contributed by atoms with van der Waals surface area (Å²) >= 11 is 11.0. The first kappa shape index (κ1) is 16.5. The molecular formula is C11H18Cl2N2O4. The Bertz CT molecular complexity index is 365. The summed E-state index contributed by atoms with van der Waals surface area (Å²) in [5.74, 6) is -0.524. The molecule has 2 N–H and O–H groups in total. The maximum atomic E-state index is 12.2. The van der Waals surface area contributed by atoms with Crippen LogP contribution in [0.3, 0.4) is 0 Å². The van der Waals surface area contributed by atoms with Gasteiger partial charge in [-0.05, 0) is 13.8 Å². The van der Waals surface area contributed by atoms with E-state index in [0.29, 0.717) is 0 Å². The number of carbonyl (C=O) groups excluding carboxylic acids is 2. The van der Waals surface area contributed by atoms with Gasteiger partial charge >= 0.3 is 6.03 Å². The van der Waals surface area contributed by atoms with Crippen LogP contribution in [-0.2, 0) is 4.79 Å². The van der Waals surface area contributed by atoms with E-state index in [1.807, 2.05) is 0 Å². The first-order chi connectivity index (χ1) is 8.75. The first-order valence-electron chi connectivity index (χ1n) is 5.87. The summed E-state index contributed by atoms with van der Waals surface area (Å²) in [7, 11) is 0. The fraction of sp³-hybridized carbons (Fsp3) is 0.818. The number of halogens is 2. The van der Waals surface area contributed by atoms with Crippen LogP contribution in [0.4, 0.5) is 4.79 Å². The van der Waals surface area contributed by atoms with Gasteiger partial charge in [-0.25, -0.2) is 4.79 Å². The molecule has 2 unspecified atom stereocenters. The van der Waals surface area contributed by atoms with Crippen LogP contribution in [0.15, 0.2) is 0 Å². The second-order valence-corrected chi connectivity index (χ2v) is 5.60. The first-order valence-corrected chi connectivity index (χ1v) is 6.94. The molecule has 0 aromatic carbocycles. The highest BCUT2D eigenvalue weighted by Gasteiger charge is 2.51. The normalized spacial score (nSPS) is 22.0. The number of hydrogen-bond donors (Lipinski definition) is 2. The SMILES string of the molecule is CC1(C)C(=O)N(CC(O)CCl)C(=O)N1CC(O)CCl. The second-order valence-electron chi connectivity index (χ2n) is 4.98. The maximum absolute atomic E-state index is 12.2. The third kappa shape index (κ3) is 3.31. The van der Waals surface area contributed by atoms with E-state index in [4.69, 9.17) is 23.2 Å². The number of aliphatic hydroxyl groups excluding tert-OH is 2. The summed E-state index contributed by atoms with van der Waals surface area (Å²) in [5.41, 5.74) is -1.07. The lowest BCUT2D eigenvalue weighted by atomic mass is 10.0. The Kier molecular flexibility index (Phi) is 5.43. The number of amides is 3. The number of alkyl halides is 2. The number of nitrogens with zero attached hydrogens (tertiary/aromatic N) is 2. The Hall–Kier alpha value is -0.560. The average molecular weight is 313 g/mol. The molecule has 6 nitrogen and oxygen atoms in total. The van der Waals surface area contributed by atoms with Crippen molar-refractivity contribution in [1.29, 1.82) is 0 Å². The summed E-state index contributed by atoms with van der Waals surface area (Å²) in [6, 6.07) is -0.552. The van der Waals surface area contributed by atoms with Crippen molar-refractivity contribution in [3.8, 4) is 0 Å². The Morgan fingerprint density at radius 2 is 1.58 bits per heavy atom. The molecule has 1 heterocycles. The Balaban J connectivity index is 2.90. The maximum Gasteiger partial charge on any atom is 0.327 e. The van der Waals surface area contributed by atoms with E-state index in [1.165, 1.54) is 4.90 Å². The van der Waals surface area contributed by atoms with Gasteiger partial charge in [0.05, 0.1) is 37.1 Å². The van der Waals surface area contributed by atoms with Gasteiger partial charge in [-0.3, -0.25) is 9.69 Å². The molecule has 1 rings (SSSR count). The summed E-state index contributed by atoms with van der Waals surface area (Å²) in [6.07, 6.45) is -1.88. The van der Waals surface area contributed by atoms with Gasteiger partial charge in [-0.1, -0.05) is 0 Å². The van der Waals surface area contributed by atoms with Crippen molar-refractivity contribution in [2.24, 2.45) is 0 Å². The van der Waals surface area contributed by atoms with Gasteiger partial charge in [-0.15, -0.1) is 23.2 Å². The van der Waals surface area contributed by atoms with Gasteiger partial charge in [0.1, 0.15) is 5.54 Å². The van der Waals surface area contributed by atoms with Crippen LogP contribution < -0.4 is 0 Å². The molecule has 0 bridgehead atoms. The van der Waals surface area contributed by atoms with E-state index in [-0.39, 0.29) is 24.8 Å². The molecule has 0 saturated carbocycles. The predicted molar refractivity (Wildman–Crippen MR) is 71.3 cm³/mol. The van der Waals surface area contributed by atoms with E-state index in [2.05, 4.69) is 0 Å². The van der Waals surface area contributed by atoms with Crippen LogP contribution in [-0.4, -0.2) is 74.5 Å². The van der Waals surface area contributed by atoms with Crippen LogP contribution in [0.2, 0.25) is 0 Å². The molecule has 0 spiro atoms. The summed E-state index contributed by atoms with van der Waals surface area (Å²) in [6.45, 7) is 2.98. The van der Waals surface area contributed by atoms with Gasteiger partial charge in [0.25, 0.3) is 5.91 Å². The van der Waals surface area contributed by atoms with E-state index in [0.717, 1.165) is 4.90 Å². The van der Waals surface area contributed by atoms with E-state index in [1.54, 1.807) is 13.8 Å². The number of imide groups is 1. The molecule has 1 saturated heterocycles. The summed E-state index contributed by atoms with van der Waals surface area (Å²) in [5, 5.41) is 19.0. The minimum atomic E-state index is -1.07. The highest BCUT2D eigenvalue weighted by Crippen LogP contribution is 2.28. The van der Waals surface area contributed by atoms with Crippen LogP contribution >= 0.6 is 23.2 Å². The monoisotopic (exact) mass is 312 g/mol. The molecule has 2 atom stereocenters. The third-order valence-electron chi connectivity index (χ3n) is 3.05. The molecule has 0 aliphatic carbocycles. The highest BCUT2D eigenvalue weighted by molar-refractivity contribution is 6.18. The molecule has 3 amide bonds. The van der Waals surface area contributed by atoms with E-state index in [9.17, 15) is 19.8 Å². The van der Waals surface area contributed by atoms with Crippen molar-refractivity contribution in [2.45, 2.75) is 31.6 Å². The number of hydrogen-bond acceptors (Lipinski definition) is 4. The van der Waals surface area contributed by atoms with Crippen LogP contribution in [0.5, 0.6) is 0 Å². The van der Waals surface area contributed by atoms with Gasteiger partial charge in [0.15, 0.2) is 0 Å². The topological polar surface area (TPSA) is 81.1 Å². The van der Waals surface area contributed by atoms with Crippen molar-refractivity contribution < 1.29 is 19.8 Å². The summed E-state index contributed by atoms with van der Waals surface area (Å²) < 4.78 is 0. The molecule has 1 fully saturated rings. The second kappa shape index (κ2) is 6.26. The van der Waals surface area contributed by atoms with Crippen molar-refractivity contribution in [1.82, 2.24) is 9.80 Å². The Morgan fingerprint density at radius 3 is 2.05 bits per heavy atom. The fourth-order valence-corrected chi connectivity index (χ4v) is 2.10. The highest BCUT2D eigenvalue weighted by atomic mass is 35.5. The van der Waals surface area contributed by atoms with Gasteiger partial charge in [-0.2, -0.15) is 0 Å². The van der Waals surface area contributed by atoms with Crippen molar-refractivity contribution >= 4 is 35.1 Å². The molecule has 0 aromatic rings. The smallest absolute Gasteiger partial charge is 0.327 e. The summed E-state index contributed by atoms with van der Waals surface area (Å²) in [4.78, 5) is 26.5. The van der Waals surface area contributed by atoms with Gasteiger partial charge in [0.2, 0.25) is 0 Å².